The monoisotopic (exact) mass is 586 g/mol. The van der Waals surface area contributed by atoms with Gasteiger partial charge in [0.2, 0.25) is 11.0 Å². The van der Waals surface area contributed by atoms with Crippen molar-refractivity contribution in [2.24, 2.45) is 5.73 Å². The van der Waals surface area contributed by atoms with Gasteiger partial charge in [0.25, 0.3) is 0 Å². The third-order valence-corrected chi connectivity index (χ3v) is 9.16. The normalized spacial score (nSPS) is 17.0. The fourth-order valence-corrected chi connectivity index (χ4v) is 6.77. The molecule has 1 aliphatic heterocycles. The summed E-state index contributed by atoms with van der Waals surface area (Å²) in [6.07, 6.45) is 1.74. The summed E-state index contributed by atoms with van der Waals surface area (Å²) in [6, 6.07) is 17.5. The van der Waals surface area contributed by atoms with Gasteiger partial charge in [0.15, 0.2) is 10.1 Å². The molecule has 1 aromatic heterocycles. The molecule has 11 heteroatoms. The van der Waals surface area contributed by atoms with Crippen molar-refractivity contribution in [3.8, 4) is 11.8 Å². The van der Waals surface area contributed by atoms with Gasteiger partial charge in [0.05, 0.1) is 30.4 Å². The molecule has 41 heavy (non-hydrogen) atoms. The van der Waals surface area contributed by atoms with Gasteiger partial charge in [0, 0.05) is 29.4 Å². The number of thioether (sulfide) groups is 1. The number of aromatic nitrogens is 2. The Labute approximate surface area is 247 Å². The Morgan fingerprint density at radius 1 is 1.24 bits per heavy atom. The quantitative estimate of drug-likeness (QED) is 0.319. The molecular weight excluding hydrogens is 557 g/mol. The summed E-state index contributed by atoms with van der Waals surface area (Å²) < 4.78 is 5.78. The largest absolute Gasteiger partial charge is 0.497 e. The smallest absolute Gasteiger partial charge is 0.234 e. The third kappa shape index (κ3) is 5.85. The van der Waals surface area contributed by atoms with Crippen LogP contribution in [0.2, 0.25) is 0 Å². The van der Waals surface area contributed by atoms with Gasteiger partial charge in [0.1, 0.15) is 11.6 Å². The third-order valence-electron chi connectivity index (χ3n) is 7.12. The Kier molecular flexibility index (Phi) is 8.42. The van der Waals surface area contributed by atoms with E-state index in [-0.39, 0.29) is 23.3 Å². The number of nitrogens with one attached hydrogen (secondary N) is 1. The average Bonchev–Trinajstić information content (AvgIpc) is 3.44. The van der Waals surface area contributed by atoms with Gasteiger partial charge < -0.3 is 15.8 Å². The molecule has 1 atom stereocenters. The molecule has 5 rings (SSSR count). The van der Waals surface area contributed by atoms with Crippen LogP contribution < -0.4 is 20.7 Å². The number of allylic oxidation sites excluding steroid dienone is 3. The molecule has 0 saturated heterocycles. The van der Waals surface area contributed by atoms with Crippen LogP contribution in [-0.2, 0) is 9.59 Å². The molecule has 1 aliphatic carbocycles. The number of benzene rings is 2. The second-order valence-corrected chi connectivity index (χ2v) is 12.2. The van der Waals surface area contributed by atoms with Crippen LogP contribution in [-0.4, -0.2) is 34.8 Å². The predicted octanol–water partition coefficient (Wildman–Crippen LogP) is 5.71. The molecule has 1 unspecified atom stereocenters. The molecule has 1 amide bonds. The number of methoxy groups -OCH3 is 1. The van der Waals surface area contributed by atoms with Crippen LogP contribution >= 0.6 is 23.1 Å². The lowest BCUT2D eigenvalue weighted by molar-refractivity contribution is -0.116. The SMILES string of the molecule is COc1cccc(NC(=O)CSc2nnc(N3C(N)=C(C#N)C(c4ccc(C(C)C)cc4)C4=C3CCCC4=O)s2)c1. The molecule has 0 bridgehead atoms. The highest BCUT2D eigenvalue weighted by atomic mass is 32.2. The number of nitrogens with two attached hydrogens (primary N) is 1. The maximum absolute atomic E-state index is 13.4. The Bertz CT molecular complexity index is 1590. The summed E-state index contributed by atoms with van der Waals surface area (Å²) >= 11 is 2.52. The molecule has 9 nitrogen and oxygen atoms in total. The number of hydrogen-bond acceptors (Lipinski definition) is 10. The van der Waals surface area contributed by atoms with Gasteiger partial charge in [-0.3, -0.25) is 14.5 Å². The van der Waals surface area contributed by atoms with Crippen LogP contribution in [0.25, 0.3) is 0 Å². The first kappa shape index (κ1) is 28.4. The zero-order valence-electron chi connectivity index (χ0n) is 23.0. The van der Waals surface area contributed by atoms with E-state index in [0.717, 1.165) is 11.3 Å². The van der Waals surface area contributed by atoms with Crippen LogP contribution in [0.3, 0.4) is 0 Å². The van der Waals surface area contributed by atoms with E-state index in [4.69, 9.17) is 10.5 Å². The summed E-state index contributed by atoms with van der Waals surface area (Å²) in [6.45, 7) is 4.25. The Hall–Kier alpha value is -4.14. The highest BCUT2D eigenvalue weighted by Gasteiger charge is 2.41. The lowest BCUT2D eigenvalue weighted by Gasteiger charge is -2.38. The van der Waals surface area contributed by atoms with Crippen LogP contribution in [0.1, 0.15) is 56.1 Å². The highest BCUT2D eigenvalue weighted by Crippen LogP contribution is 2.47. The fourth-order valence-electron chi connectivity index (χ4n) is 5.09. The Morgan fingerprint density at radius 3 is 2.73 bits per heavy atom. The van der Waals surface area contributed by atoms with Gasteiger partial charge in [-0.25, -0.2) is 0 Å². The molecule has 0 spiro atoms. The number of nitriles is 1. The number of carbonyl (C=O) groups excluding carboxylic acids is 2. The van der Waals surface area contributed by atoms with E-state index in [9.17, 15) is 14.9 Å². The minimum atomic E-state index is -0.526. The van der Waals surface area contributed by atoms with Crippen molar-refractivity contribution in [3.05, 3.63) is 82.3 Å². The van der Waals surface area contributed by atoms with E-state index in [2.05, 4.69) is 35.4 Å². The van der Waals surface area contributed by atoms with E-state index >= 15 is 0 Å². The predicted molar refractivity (Wildman–Crippen MR) is 161 cm³/mol. The number of nitrogens with zero attached hydrogens (tertiary/aromatic N) is 4. The highest BCUT2D eigenvalue weighted by molar-refractivity contribution is 8.01. The van der Waals surface area contributed by atoms with E-state index in [1.54, 1.807) is 36.3 Å². The zero-order chi connectivity index (χ0) is 29.1. The van der Waals surface area contributed by atoms with Crippen LogP contribution in [0, 0.1) is 11.3 Å². The molecule has 0 radical (unpaired) electrons. The first-order chi connectivity index (χ1) is 19.8. The minimum absolute atomic E-state index is 0.0164. The van der Waals surface area contributed by atoms with Crippen molar-refractivity contribution in [2.75, 3.05) is 23.1 Å². The molecule has 0 fully saturated rings. The zero-order valence-corrected chi connectivity index (χ0v) is 24.6. The minimum Gasteiger partial charge on any atom is -0.497 e. The first-order valence-corrected chi connectivity index (χ1v) is 15.1. The second kappa shape index (κ2) is 12.2. The maximum atomic E-state index is 13.4. The summed E-state index contributed by atoms with van der Waals surface area (Å²) in [5, 5.41) is 22.2. The summed E-state index contributed by atoms with van der Waals surface area (Å²) in [4.78, 5) is 27.6. The molecule has 210 valence electrons. The maximum Gasteiger partial charge on any atom is 0.234 e. The lowest BCUT2D eigenvalue weighted by Crippen LogP contribution is -2.38. The molecule has 2 aromatic carbocycles. The Balaban J connectivity index is 1.40. The van der Waals surface area contributed by atoms with E-state index < -0.39 is 5.92 Å². The average molecular weight is 587 g/mol. The van der Waals surface area contributed by atoms with E-state index in [1.165, 1.54) is 28.7 Å². The summed E-state index contributed by atoms with van der Waals surface area (Å²) in [5.41, 5.74) is 11.0. The molecular formula is C30H30N6O3S2. The number of ketones is 1. The van der Waals surface area contributed by atoms with Crippen molar-refractivity contribution >= 4 is 45.6 Å². The number of rotatable bonds is 8. The van der Waals surface area contributed by atoms with Crippen molar-refractivity contribution < 1.29 is 14.3 Å². The number of hydrogen-bond donors (Lipinski definition) is 2. The van der Waals surface area contributed by atoms with Crippen molar-refractivity contribution in [2.45, 2.75) is 49.3 Å². The van der Waals surface area contributed by atoms with Gasteiger partial charge in [-0.1, -0.05) is 67.3 Å². The van der Waals surface area contributed by atoms with Gasteiger partial charge >= 0.3 is 0 Å². The summed E-state index contributed by atoms with van der Waals surface area (Å²) in [5.74, 6) is 0.690. The van der Waals surface area contributed by atoms with Gasteiger partial charge in [-0.05, 0) is 42.0 Å². The first-order valence-electron chi connectivity index (χ1n) is 13.3. The number of carbonyl (C=O) groups is 2. The van der Waals surface area contributed by atoms with Crippen molar-refractivity contribution in [1.82, 2.24) is 10.2 Å². The summed E-state index contributed by atoms with van der Waals surface area (Å²) in [7, 11) is 1.57. The van der Waals surface area contributed by atoms with Gasteiger partial charge in [-0.2, -0.15) is 5.26 Å². The fraction of sp³-hybridized carbons (Fsp3) is 0.300. The number of Topliss-reactive ketones (excluding diaryl/α,β-unsaturated/α-hetero) is 1. The van der Waals surface area contributed by atoms with Crippen LogP contribution in [0.4, 0.5) is 10.8 Å². The van der Waals surface area contributed by atoms with Crippen LogP contribution in [0.5, 0.6) is 5.75 Å². The Morgan fingerprint density at radius 2 is 2.02 bits per heavy atom. The lowest BCUT2D eigenvalue weighted by atomic mass is 9.75. The standard InChI is InChI=1S/C30H30N6O3S2/c1-17(2)18-10-12-19(13-11-18)26-22(15-31)28(32)36(23-8-5-9-24(37)27(23)26)29-34-35-30(41-29)40-16-25(38)33-20-6-4-7-21(14-20)39-3/h4,6-7,10-14,17,26H,5,8-9,16,32H2,1-3H3,(H,33,38). The van der Waals surface area contributed by atoms with E-state index in [1.807, 2.05) is 24.3 Å². The molecule has 3 N–H and O–H groups in total. The van der Waals surface area contributed by atoms with Gasteiger partial charge in [-0.15, -0.1) is 10.2 Å². The van der Waals surface area contributed by atoms with Crippen molar-refractivity contribution in [1.29, 1.82) is 5.26 Å². The molecule has 0 saturated carbocycles. The molecule has 3 aromatic rings. The number of anilines is 2. The second-order valence-electron chi connectivity index (χ2n) is 10.1. The number of amides is 1. The van der Waals surface area contributed by atoms with Crippen LogP contribution in [0.15, 0.2) is 75.5 Å². The van der Waals surface area contributed by atoms with Crippen molar-refractivity contribution in [3.63, 3.8) is 0 Å². The van der Waals surface area contributed by atoms with E-state index in [0.29, 0.717) is 57.2 Å². The topological polar surface area (TPSA) is 134 Å². The molecule has 2 aliphatic rings. The number of ether oxygens (including phenoxy) is 1. The molecule has 2 heterocycles.